The topological polar surface area (TPSA) is 163 Å². The molecular formula is C15H29N3O7. The lowest BCUT2D eigenvalue weighted by Gasteiger charge is -2.48. The summed E-state index contributed by atoms with van der Waals surface area (Å²) < 4.78 is 11.4. The third-order valence-corrected chi connectivity index (χ3v) is 4.35. The van der Waals surface area contributed by atoms with Crippen LogP contribution in [-0.2, 0) is 19.1 Å². The molecule has 0 bridgehead atoms. The average molecular weight is 363 g/mol. The van der Waals surface area contributed by atoms with E-state index in [9.17, 15) is 24.9 Å². The fraction of sp³-hybridized carbons (Fsp3) is 0.867. The van der Waals surface area contributed by atoms with Crippen LogP contribution < -0.4 is 16.4 Å². The quantitative estimate of drug-likeness (QED) is 0.283. The molecule has 1 fully saturated rings. The van der Waals surface area contributed by atoms with E-state index < -0.39 is 54.4 Å². The van der Waals surface area contributed by atoms with Crippen molar-refractivity contribution in [2.45, 2.75) is 76.5 Å². The van der Waals surface area contributed by atoms with E-state index in [2.05, 4.69) is 10.6 Å². The van der Waals surface area contributed by atoms with Crippen molar-refractivity contribution >= 4 is 11.8 Å². The fourth-order valence-electron chi connectivity index (χ4n) is 2.50. The first-order valence-corrected chi connectivity index (χ1v) is 7.97. The monoisotopic (exact) mass is 363 g/mol. The molecule has 10 heteroatoms. The Morgan fingerprint density at radius 1 is 1.16 bits per heavy atom. The highest BCUT2D eigenvalue weighted by Gasteiger charge is 2.50. The van der Waals surface area contributed by atoms with Gasteiger partial charge in [-0.15, -0.1) is 0 Å². The Morgan fingerprint density at radius 3 is 2.16 bits per heavy atom. The Labute approximate surface area is 146 Å². The lowest BCUT2D eigenvalue weighted by Crippen LogP contribution is -2.71. The molecule has 1 heterocycles. The van der Waals surface area contributed by atoms with E-state index in [-0.39, 0.29) is 5.91 Å². The zero-order valence-electron chi connectivity index (χ0n) is 15.1. The number of carbonyl (C=O) groups is 2. The summed E-state index contributed by atoms with van der Waals surface area (Å²) in [6.45, 7) is 6.73. The molecule has 2 amide bonds. The van der Waals surface area contributed by atoms with E-state index in [1.54, 1.807) is 20.8 Å². The van der Waals surface area contributed by atoms with E-state index in [0.717, 1.165) is 0 Å². The Morgan fingerprint density at radius 2 is 1.72 bits per heavy atom. The van der Waals surface area contributed by atoms with Crippen LogP contribution in [0, 0.1) is 0 Å². The van der Waals surface area contributed by atoms with Crippen molar-refractivity contribution in [1.82, 2.24) is 10.6 Å². The number of aliphatic hydroxyl groups excluding tert-OH is 3. The molecule has 0 aromatic heterocycles. The van der Waals surface area contributed by atoms with Crippen LogP contribution in [0.5, 0.6) is 0 Å². The van der Waals surface area contributed by atoms with Gasteiger partial charge in [0.05, 0.1) is 6.61 Å². The Balaban J connectivity index is 3.07. The van der Waals surface area contributed by atoms with Crippen molar-refractivity contribution in [2.75, 3.05) is 6.61 Å². The number of amides is 2. The highest BCUT2D eigenvalue weighted by Crippen LogP contribution is 2.29. The second-order valence-electron chi connectivity index (χ2n) is 6.94. The molecule has 0 aliphatic carbocycles. The lowest BCUT2D eigenvalue weighted by atomic mass is 9.91. The number of aliphatic hydroxyl groups is 3. The number of ether oxygens (including phenoxy) is 2. The van der Waals surface area contributed by atoms with E-state index in [1.807, 2.05) is 0 Å². The number of hydrogen-bond donors (Lipinski definition) is 6. The third-order valence-electron chi connectivity index (χ3n) is 4.35. The minimum atomic E-state index is -1.43. The van der Waals surface area contributed by atoms with E-state index in [1.165, 1.54) is 13.8 Å². The first-order chi connectivity index (χ1) is 11.3. The minimum absolute atomic E-state index is 0.367. The molecule has 0 saturated carbocycles. The van der Waals surface area contributed by atoms with Crippen LogP contribution in [0.4, 0.5) is 0 Å². The predicted molar refractivity (Wildman–Crippen MR) is 86.9 cm³/mol. The van der Waals surface area contributed by atoms with Gasteiger partial charge in [0.15, 0.2) is 6.29 Å². The van der Waals surface area contributed by atoms with Crippen molar-refractivity contribution in [2.24, 2.45) is 5.73 Å². The van der Waals surface area contributed by atoms with Crippen LogP contribution in [0.15, 0.2) is 0 Å². The molecule has 0 radical (unpaired) electrons. The normalized spacial score (nSPS) is 32.6. The SMILES string of the molecule is CC(=O)NC1C(OC(C)(C)C(C)(N)NC(C)=O)OC(CO)C(O)C1O. The summed E-state index contributed by atoms with van der Waals surface area (Å²) in [4.78, 5) is 22.8. The molecule has 6 unspecified atom stereocenters. The van der Waals surface area contributed by atoms with Crippen LogP contribution in [-0.4, -0.2) is 75.6 Å². The van der Waals surface area contributed by atoms with Gasteiger partial charge in [0.2, 0.25) is 11.8 Å². The van der Waals surface area contributed by atoms with E-state index >= 15 is 0 Å². The number of nitrogens with one attached hydrogen (secondary N) is 2. The molecule has 0 aromatic rings. The summed E-state index contributed by atoms with van der Waals surface area (Å²) in [5.41, 5.74) is 3.63. The van der Waals surface area contributed by atoms with Crippen molar-refractivity contribution < 1.29 is 34.4 Å². The Kier molecular flexibility index (Phi) is 6.90. The summed E-state index contributed by atoms with van der Waals surface area (Å²) >= 11 is 0. The van der Waals surface area contributed by atoms with Gasteiger partial charge in [-0.3, -0.25) is 9.59 Å². The van der Waals surface area contributed by atoms with E-state index in [4.69, 9.17) is 15.2 Å². The van der Waals surface area contributed by atoms with E-state index in [0.29, 0.717) is 0 Å². The Hall–Kier alpha value is -1.30. The molecule has 7 N–H and O–H groups in total. The number of nitrogens with two attached hydrogens (primary N) is 1. The molecule has 1 rings (SSSR count). The molecular weight excluding hydrogens is 334 g/mol. The molecule has 0 spiro atoms. The maximum Gasteiger partial charge on any atom is 0.218 e. The number of carbonyl (C=O) groups excluding carboxylic acids is 2. The van der Waals surface area contributed by atoms with Gasteiger partial charge >= 0.3 is 0 Å². The van der Waals surface area contributed by atoms with Crippen LogP contribution in [0.1, 0.15) is 34.6 Å². The summed E-state index contributed by atoms with van der Waals surface area (Å²) in [5, 5.41) is 34.6. The van der Waals surface area contributed by atoms with Crippen molar-refractivity contribution in [1.29, 1.82) is 0 Å². The molecule has 146 valence electrons. The molecule has 25 heavy (non-hydrogen) atoms. The van der Waals surface area contributed by atoms with Crippen molar-refractivity contribution in [3.63, 3.8) is 0 Å². The Bertz CT molecular complexity index is 498. The van der Waals surface area contributed by atoms with Crippen LogP contribution in [0.3, 0.4) is 0 Å². The average Bonchev–Trinajstić information content (AvgIpc) is 2.44. The molecule has 1 aliphatic heterocycles. The second kappa shape index (κ2) is 7.94. The summed E-state index contributed by atoms with van der Waals surface area (Å²) in [6.07, 6.45) is -5.17. The zero-order chi connectivity index (χ0) is 19.6. The van der Waals surface area contributed by atoms with Gasteiger partial charge in [-0.1, -0.05) is 0 Å². The van der Waals surface area contributed by atoms with Crippen molar-refractivity contribution in [3.05, 3.63) is 0 Å². The maximum absolute atomic E-state index is 11.4. The van der Waals surface area contributed by atoms with Gasteiger partial charge in [-0.05, 0) is 20.8 Å². The summed E-state index contributed by atoms with van der Waals surface area (Å²) in [7, 11) is 0. The first-order valence-electron chi connectivity index (χ1n) is 7.97. The highest BCUT2D eigenvalue weighted by molar-refractivity contribution is 5.74. The van der Waals surface area contributed by atoms with Gasteiger partial charge in [0.1, 0.15) is 35.6 Å². The maximum atomic E-state index is 11.4. The molecule has 1 aliphatic rings. The van der Waals surface area contributed by atoms with Crippen LogP contribution in [0.2, 0.25) is 0 Å². The summed E-state index contributed by atoms with van der Waals surface area (Å²) in [6, 6.07) is -1.09. The first kappa shape index (κ1) is 21.7. The fourth-order valence-corrected chi connectivity index (χ4v) is 2.50. The lowest BCUT2D eigenvalue weighted by molar-refractivity contribution is -0.304. The van der Waals surface area contributed by atoms with Gasteiger partial charge in [0.25, 0.3) is 0 Å². The van der Waals surface area contributed by atoms with Gasteiger partial charge < -0.3 is 41.2 Å². The largest absolute Gasteiger partial charge is 0.394 e. The smallest absolute Gasteiger partial charge is 0.218 e. The van der Waals surface area contributed by atoms with Crippen LogP contribution >= 0.6 is 0 Å². The number of hydrogen-bond acceptors (Lipinski definition) is 8. The predicted octanol–water partition coefficient (Wildman–Crippen LogP) is -2.46. The number of rotatable bonds is 6. The summed E-state index contributed by atoms with van der Waals surface area (Å²) in [5.74, 6) is -0.834. The molecule has 6 atom stereocenters. The zero-order valence-corrected chi connectivity index (χ0v) is 15.1. The molecule has 0 aromatic carbocycles. The third kappa shape index (κ3) is 5.09. The van der Waals surface area contributed by atoms with Crippen LogP contribution in [0.25, 0.3) is 0 Å². The molecule has 10 nitrogen and oxygen atoms in total. The standard InChI is InChI=1S/C15H29N3O7/c1-7(20)17-10-12(23)11(22)9(6-19)24-13(10)25-14(3,4)15(5,16)18-8(2)21/h9-13,19,22-23H,6,16H2,1-5H3,(H,17,20)(H,18,21). The van der Waals surface area contributed by atoms with Gasteiger partial charge in [-0.25, -0.2) is 0 Å². The van der Waals surface area contributed by atoms with Crippen molar-refractivity contribution in [3.8, 4) is 0 Å². The highest BCUT2D eigenvalue weighted by atomic mass is 16.7. The molecule has 1 saturated heterocycles. The minimum Gasteiger partial charge on any atom is -0.394 e. The van der Waals surface area contributed by atoms with Gasteiger partial charge in [-0.2, -0.15) is 0 Å². The second-order valence-corrected chi connectivity index (χ2v) is 6.94. The van der Waals surface area contributed by atoms with Gasteiger partial charge in [0, 0.05) is 13.8 Å².